The van der Waals surface area contributed by atoms with Crippen LogP contribution >= 0.6 is 0 Å². The van der Waals surface area contributed by atoms with Gasteiger partial charge in [0.2, 0.25) is 5.91 Å². The average molecular weight is 420 g/mol. The van der Waals surface area contributed by atoms with Gasteiger partial charge >= 0.3 is 0 Å². The van der Waals surface area contributed by atoms with Gasteiger partial charge in [-0.15, -0.1) is 0 Å². The van der Waals surface area contributed by atoms with E-state index in [1.165, 1.54) is 5.56 Å². The van der Waals surface area contributed by atoms with E-state index in [1.54, 1.807) is 7.11 Å². The van der Waals surface area contributed by atoms with Gasteiger partial charge in [0, 0.05) is 35.6 Å². The molecule has 0 spiro atoms. The number of aryl methyl sites for hydroxylation is 1. The molecule has 5 heteroatoms. The molecule has 1 amide bonds. The molecule has 4 rings (SSSR count). The molecular weight excluding hydrogens is 390 g/mol. The fourth-order valence-electron chi connectivity index (χ4n) is 4.63. The van der Waals surface area contributed by atoms with E-state index < -0.39 is 0 Å². The number of hydrogen-bond acceptors (Lipinski definition) is 4. The molecule has 162 valence electrons. The van der Waals surface area contributed by atoms with Gasteiger partial charge in [-0.1, -0.05) is 48.9 Å². The lowest BCUT2D eigenvalue weighted by Crippen LogP contribution is -2.38. The second-order valence-electron chi connectivity index (χ2n) is 8.36. The first-order valence-corrected chi connectivity index (χ1v) is 10.9. The molecule has 0 saturated heterocycles. The van der Waals surface area contributed by atoms with Gasteiger partial charge in [0.1, 0.15) is 0 Å². The first kappa shape index (κ1) is 21.2. The Labute approximate surface area is 183 Å². The van der Waals surface area contributed by atoms with Gasteiger partial charge in [0.05, 0.1) is 13.7 Å². The third-order valence-corrected chi connectivity index (χ3v) is 6.14. The number of carbonyl (C=O) groups is 2. The van der Waals surface area contributed by atoms with Gasteiger partial charge in [0.15, 0.2) is 17.3 Å². The summed E-state index contributed by atoms with van der Waals surface area (Å²) >= 11 is 0. The van der Waals surface area contributed by atoms with E-state index in [-0.39, 0.29) is 29.9 Å². The van der Waals surface area contributed by atoms with Gasteiger partial charge < -0.3 is 14.8 Å². The maximum Gasteiger partial charge on any atom is 0.225 e. The van der Waals surface area contributed by atoms with E-state index in [0.29, 0.717) is 30.9 Å². The van der Waals surface area contributed by atoms with Gasteiger partial charge in [-0.2, -0.15) is 0 Å². The largest absolute Gasteiger partial charge is 0.493 e. The summed E-state index contributed by atoms with van der Waals surface area (Å²) in [4.78, 5) is 26.0. The smallest absolute Gasteiger partial charge is 0.225 e. The highest BCUT2D eigenvalue weighted by atomic mass is 16.5. The number of ether oxygens (including phenoxy) is 2. The molecule has 2 aliphatic rings. The normalized spacial score (nSPS) is 20.9. The SMILES string of the molecule is CCCOc1c(OC)cccc1C1CC(=O)NC2=C1C(=O)CC(c1ccc(C)cc1)C2. The number of nitrogens with one attached hydrogen (secondary N) is 1. The van der Waals surface area contributed by atoms with Crippen LogP contribution in [0, 0.1) is 6.92 Å². The lowest BCUT2D eigenvalue weighted by Gasteiger charge is -2.35. The summed E-state index contributed by atoms with van der Waals surface area (Å²) in [6, 6.07) is 14.0. The van der Waals surface area contributed by atoms with Gasteiger partial charge in [-0.05, 0) is 37.3 Å². The Balaban J connectivity index is 1.74. The number of Topliss-reactive ketones (excluding diaryl/α,β-unsaturated/α-hetero) is 1. The highest BCUT2D eigenvalue weighted by Gasteiger charge is 2.39. The van der Waals surface area contributed by atoms with E-state index in [4.69, 9.17) is 9.47 Å². The Bertz CT molecular complexity index is 1020. The summed E-state index contributed by atoms with van der Waals surface area (Å²) in [5.74, 6) is 1.04. The number of methoxy groups -OCH3 is 1. The van der Waals surface area contributed by atoms with Crippen molar-refractivity contribution in [2.24, 2.45) is 0 Å². The summed E-state index contributed by atoms with van der Waals surface area (Å²) in [5.41, 5.74) is 4.65. The zero-order chi connectivity index (χ0) is 22.0. The van der Waals surface area contributed by atoms with Crippen molar-refractivity contribution in [1.82, 2.24) is 5.32 Å². The minimum Gasteiger partial charge on any atom is -0.493 e. The van der Waals surface area contributed by atoms with Crippen molar-refractivity contribution >= 4 is 11.7 Å². The van der Waals surface area contributed by atoms with Crippen LogP contribution in [0.2, 0.25) is 0 Å². The summed E-state index contributed by atoms with van der Waals surface area (Å²) in [7, 11) is 1.61. The van der Waals surface area contributed by atoms with E-state index in [0.717, 1.165) is 28.8 Å². The molecule has 2 aromatic carbocycles. The quantitative estimate of drug-likeness (QED) is 0.731. The molecule has 0 fully saturated rings. The molecule has 2 atom stereocenters. The number of ketones is 1. The Hall–Kier alpha value is -3.08. The second kappa shape index (κ2) is 8.96. The first-order valence-electron chi connectivity index (χ1n) is 10.9. The summed E-state index contributed by atoms with van der Waals surface area (Å²) in [6.45, 7) is 4.63. The maximum absolute atomic E-state index is 13.4. The van der Waals surface area contributed by atoms with Gasteiger partial charge in [0.25, 0.3) is 0 Å². The van der Waals surface area contributed by atoms with Gasteiger partial charge in [-0.3, -0.25) is 9.59 Å². The van der Waals surface area contributed by atoms with Crippen LogP contribution in [0.4, 0.5) is 0 Å². The molecular formula is C26H29NO4. The van der Waals surface area contributed by atoms with Crippen molar-refractivity contribution in [2.45, 2.75) is 51.4 Å². The molecule has 1 heterocycles. The number of allylic oxidation sites excluding steroid dienone is 2. The van der Waals surface area contributed by atoms with Crippen molar-refractivity contribution in [3.8, 4) is 11.5 Å². The molecule has 1 aliphatic carbocycles. The molecule has 0 saturated carbocycles. The number of carbonyl (C=O) groups excluding carboxylic acids is 2. The van der Waals surface area contributed by atoms with E-state index in [1.807, 2.05) is 25.1 Å². The lowest BCUT2D eigenvalue weighted by molar-refractivity contribution is -0.122. The molecule has 0 aromatic heterocycles. The molecule has 2 aromatic rings. The predicted molar refractivity (Wildman–Crippen MR) is 119 cm³/mol. The highest BCUT2D eigenvalue weighted by Crippen LogP contribution is 2.46. The third kappa shape index (κ3) is 4.22. The molecule has 0 radical (unpaired) electrons. The second-order valence-corrected chi connectivity index (χ2v) is 8.36. The van der Waals surface area contributed by atoms with Crippen LogP contribution in [0.3, 0.4) is 0 Å². The summed E-state index contributed by atoms with van der Waals surface area (Å²) in [6.07, 6.45) is 2.19. The lowest BCUT2D eigenvalue weighted by atomic mass is 9.73. The van der Waals surface area contributed by atoms with Crippen molar-refractivity contribution in [1.29, 1.82) is 0 Å². The highest BCUT2D eigenvalue weighted by molar-refractivity contribution is 6.02. The predicted octanol–water partition coefficient (Wildman–Crippen LogP) is 4.80. The Morgan fingerprint density at radius 3 is 2.52 bits per heavy atom. The van der Waals surface area contributed by atoms with E-state index >= 15 is 0 Å². The molecule has 1 N–H and O–H groups in total. The number of rotatable bonds is 6. The minimum absolute atomic E-state index is 0.0645. The standard InChI is InChI=1S/C26H29NO4/c1-4-12-31-26-19(6-5-7-23(26)30-3)20-15-24(29)27-21-13-18(14-22(28)25(20)21)17-10-8-16(2)9-11-17/h5-11,18,20H,4,12-15H2,1-3H3,(H,27,29). The van der Waals surface area contributed by atoms with Crippen molar-refractivity contribution in [3.05, 3.63) is 70.4 Å². The molecule has 1 aliphatic heterocycles. The minimum atomic E-state index is -0.322. The van der Waals surface area contributed by atoms with Crippen LogP contribution in [-0.4, -0.2) is 25.4 Å². The molecule has 0 bridgehead atoms. The topological polar surface area (TPSA) is 64.6 Å². The Morgan fingerprint density at radius 1 is 1.03 bits per heavy atom. The molecule has 5 nitrogen and oxygen atoms in total. The Morgan fingerprint density at radius 2 is 1.81 bits per heavy atom. The molecule has 2 unspecified atom stereocenters. The summed E-state index contributed by atoms with van der Waals surface area (Å²) in [5, 5.41) is 3.00. The van der Waals surface area contributed by atoms with Crippen molar-refractivity contribution in [2.75, 3.05) is 13.7 Å². The van der Waals surface area contributed by atoms with E-state index in [9.17, 15) is 9.59 Å². The zero-order valence-electron chi connectivity index (χ0n) is 18.4. The number of para-hydroxylation sites is 1. The number of amides is 1. The van der Waals surface area contributed by atoms with Crippen LogP contribution in [0.1, 0.15) is 61.1 Å². The third-order valence-electron chi connectivity index (χ3n) is 6.14. The summed E-state index contributed by atoms with van der Waals surface area (Å²) < 4.78 is 11.5. The van der Waals surface area contributed by atoms with E-state index in [2.05, 4.69) is 36.5 Å². The first-order chi connectivity index (χ1) is 15.0. The maximum atomic E-state index is 13.4. The monoisotopic (exact) mass is 419 g/mol. The average Bonchev–Trinajstić information content (AvgIpc) is 2.77. The van der Waals surface area contributed by atoms with Gasteiger partial charge in [-0.25, -0.2) is 0 Å². The zero-order valence-corrected chi connectivity index (χ0v) is 18.4. The Kier molecular flexibility index (Phi) is 6.12. The number of hydrogen-bond donors (Lipinski definition) is 1. The fraction of sp³-hybridized carbons (Fsp3) is 0.385. The van der Waals surface area contributed by atoms with Crippen LogP contribution in [0.25, 0.3) is 0 Å². The van der Waals surface area contributed by atoms with Crippen LogP contribution in [-0.2, 0) is 9.59 Å². The van der Waals surface area contributed by atoms with Crippen LogP contribution < -0.4 is 14.8 Å². The van der Waals surface area contributed by atoms with Crippen LogP contribution in [0.5, 0.6) is 11.5 Å². The fourth-order valence-corrected chi connectivity index (χ4v) is 4.63. The van der Waals surface area contributed by atoms with Crippen molar-refractivity contribution < 1.29 is 19.1 Å². The van der Waals surface area contributed by atoms with Crippen LogP contribution in [0.15, 0.2) is 53.7 Å². The molecule has 31 heavy (non-hydrogen) atoms. The number of benzene rings is 2. The van der Waals surface area contributed by atoms with Crippen molar-refractivity contribution in [3.63, 3.8) is 0 Å².